The van der Waals surface area contributed by atoms with Crippen LogP contribution < -0.4 is 14.4 Å². The van der Waals surface area contributed by atoms with Crippen molar-refractivity contribution in [2.24, 2.45) is 0 Å². The summed E-state index contributed by atoms with van der Waals surface area (Å²) in [6, 6.07) is 16.5. The smallest absolute Gasteiger partial charge is 0.318 e. The van der Waals surface area contributed by atoms with Gasteiger partial charge in [-0.3, -0.25) is 4.90 Å². The number of aryl methyl sites for hydroxylation is 2. The van der Waals surface area contributed by atoms with Crippen LogP contribution in [0.15, 0.2) is 59.6 Å². The standard InChI is InChI=1S/C33H43N5O4S/c1-25-22-29(41-3)23-26(2)31(25)43(39,40)38-19-9-12-28(38)24-42-32-34-16-13-30(35-32)36-20-14-33(15-21-36,37-17-7-8-18-37)27-10-5-4-6-11-27/h4-6,10-11,13,16,22-23,28H,7-9,12,14-15,17-21,24H2,1-3H3/t28-/m0/s1. The minimum absolute atomic E-state index is 0.0681. The Morgan fingerprint density at radius 3 is 2.30 bits per heavy atom. The second-order valence-electron chi connectivity index (χ2n) is 12.1. The van der Waals surface area contributed by atoms with Gasteiger partial charge in [0.15, 0.2) is 0 Å². The van der Waals surface area contributed by atoms with E-state index < -0.39 is 10.0 Å². The van der Waals surface area contributed by atoms with Crippen LogP contribution in [0.1, 0.15) is 55.2 Å². The molecule has 2 aromatic carbocycles. The molecule has 230 valence electrons. The number of benzene rings is 2. The lowest BCUT2D eigenvalue weighted by molar-refractivity contribution is 0.0846. The minimum atomic E-state index is -3.70. The third kappa shape index (κ3) is 5.84. The normalized spacial score (nSPS) is 21.3. The zero-order chi connectivity index (χ0) is 30.0. The van der Waals surface area contributed by atoms with Gasteiger partial charge in [-0.05, 0) is 100 Å². The van der Waals surface area contributed by atoms with Crippen LogP contribution in [0.5, 0.6) is 11.8 Å². The molecule has 6 rings (SSSR count). The van der Waals surface area contributed by atoms with E-state index in [2.05, 4.69) is 45.1 Å². The fourth-order valence-electron chi connectivity index (χ4n) is 7.38. The quantitative estimate of drug-likeness (QED) is 0.340. The van der Waals surface area contributed by atoms with Crippen molar-refractivity contribution < 1.29 is 17.9 Å². The second-order valence-corrected chi connectivity index (χ2v) is 13.9. The Bertz CT molecular complexity index is 1500. The zero-order valence-electron chi connectivity index (χ0n) is 25.5. The number of hydrogen-bond donors (Lipinski definition) is 0. The number of likely N-dealkylation sites (tertiary alicyclic amines) is 1. The molecule has 0 aliphatic carbocycles. The zero-order valence-corrected chi connectivity index (χ0v) is 26.4. The molecular weight excluding hydrogens is 562 g/mol. The third-order valence-electron chi connectivity index (χ3n) is 9.52. The molecule has 43 heavy (non-hydrogen) atoms. The van der Waals surface area contributed by atoms with E-state index in [1.54, 1.807) is 29.7 Å². The maximum atomic E-state index is 13.8. The highest BCUT2D eigenvalue weighted by Crippen LogP contribution is 2.41. The summed E-state index contributed by atoms with van der Waals surface area (Å²) >= 11 is 0. The Labute approximate surface area is 255 Å². The second kappa shape index (κ2) is 12.4. The third-order valence-corrected chi connectivity index (χ3v) is 11.8. The monoisotopic (exact) mass is 605 g/mol. The lowest BCUT2D eigenvalue weighted by Crippen LogP contribution is -2.52. The number of ether oxygens (including phenoxy) is 2. The number of nitrogens with zero attached hydrogens (tertiary/aromatic N) is 5. The van der Waals surface area contributed by atoms with Gasteiger partial charge in [-0.1, -0.05) is 30.3 Å². The van der Waals surface area contributed by atoms with Crippen molar-refractivity contribution in [2.45, 2.75) is 68.8 Å². The topological polar surface area (TPSA) is 88.1 Å². The maximum absolute atomic E-state index is 13.8. The summed E-state index contributed by atoms with van der Waals surface area (Å²) in [6.07, 6.45) is 7.87. The van der Waals surface area contributed by atoms with Gasteiger partial charge >= 0.3 is 6.01 Å². The van der Waals surface area contributed by atoms with E-state index in [1.807, 2.05) is 19.9 Å². The number of rotatable bonds is 9. The summed E-state index contributed by atoms with van der Waals surface area (Å²) < 4.78 is 40.6. The van der Waals surface area contributed by atoms with Gasteiger partial charge in [0, 0.05) is 31.4 Å². The van der Waals surface area contributed by atoms with Crippen molar-refractivity contribution in [1.82, 2.24) is 19.2 Å². The highest BCUT2D eigenvalue weighted by atomic mass is 32.2. The predicted molar refractivity (Wildman–Crippen MR) is 167 cm³/mol. The van der Waals surface area contributed by atoms with Crippen molar-refractivity contribution >= 4 is 15.8 Å². The van der Waals surface area contributed by atoms with Crippen LogP contribution in [-0.4, -0.2) is 80.1 Å². The Kier molecular flexibility index (Phi) is 8.62. The van der Waals surface area contributed by atoms with Gasteiger partial charge in [-0.15, -0.1) is 0 Å². The molecule has 4 heterocycles. The largest absolute Gasteiger partial charge is 0.497 e. The first-order valence-electron chi connectivity index (χ1n) is 15.5. The molecule has 3 aromatic rings. The summed E-state index contributed by atoms with van der Waals surface area (Å²) in [4.78, 5) is 14.5. The van der Waals surface area contributed by atoms with Crippen LogP contribution in [0, 0.1) is 13.8 Å². The van der Waals surface area contributed by atoms with Crippen molar-refractivity contribution in [2.75, 3.05) is 51.3 Å². The Balaban J connectivity index is 1.13. The average Bonchev–Trinajstić information content (AvgIpc) is 3.74. The van der Waals surface area contributed by atoms with E-state index in [-0.39, 0.29) is 24.2 Å². The maximum Gasteiger partial charge on any atom is 0.318 e. The SMILES string of the molecule is COc1cc(C)c(S(=O)(=O)N2CCC[C@H]2COc2nccc(N3CCC(c4ccccc4)(N4CCCC4)CC3)n2)c(C)c1. The van der Waals surface area contributed by atoms with Gasteiger partial charge in [0.25, 0.3) is 0 Å². The Hall–Kier alpha value is -3.21. The van der Waals surface area contributed by atoms with Gasteiger partial charge in [0.05, 0.1) is 18.0 Å². The van der Waals surface area contributed by atoms with Crippen LogP contribution in [0.3, 0.4) is 0 Å². The molecule has 0 radical (unpaired) electrons. The number of methoxy groups -OCH3 is 1. The first-order valence-corrected chi connectivity index (χ1v) is 16.9. The molecule has 0 amide bonds. The summed E-state index contributed by atoms with van der Waals surface area (Å²) in [5, 5.41) is 0. The Morgan fingerprint density at radius 1 is 0.930 bits per heavy atom. The van der Waals surface area contributed by atoms with Gasteiger partial charge in [-0.2, -0.15) is 9.29 Å². The van der Waals surface area contributed by atoms with Crippen LogP contribution in [0.4, 0.5) is 5.82 Å². The highest BCUT2D eigenvalue weighted by molar-refractivity contribution is 7.89. The highest BCUT2D eigenvalue weighted by Gasteiger charge is 2.42. The molecule has 1 atom stereocenters. The fraction of sp³-hybridized carbons (Fsp3) is 0.515. The van der Waals surface area contributed by atoms with E-state index in [0.717, 1.165) is 57.7 Å². The molecule has 1 aromatic heterocycles. The lowest BCUT2D eigenvalue weighted by atomic mass is 9.79. The molecular formula is C33H43N5O4S. The van der Waals surface area contributed by atoms with E-state index in [4.69, 9.17) is 14.5 Å². The van der Waals surface area contributed by atoms with Gasteiger partial charge in [-0.25, -0.2) is 13.4 Å². The Morgan fingerprint density at radius 2 is 1.63 bits per heavy atom. The van der Waals surface area contributed by atoms with Crippen molar-refractivity contribution in [1.29, 1.82) is 0 Å². The lowest BCUT2D eigenvalue weighted by Gasteiger charge is -2.48. The number of aromatic nitrogens is 2. The molecule has 0 N–H and O–H groups in total. The van der Waals surface area contributed by atoms with Gasteiger partial charge in [0.1, 0.15) is 18.2 Å². The van der Waals surface area contributed by atoms with Crippen molar-refractivity contribution in [3.8, 4) is 11.8 Å². The molecule has 0 spiro atoms. The van der Waals surface area contributed by atoms with Crippen molar-refractivity contribution in [3.05, 3.63) is 71.4 Å². The molecule has 3 fully saturated rings. The number of piperidine rings is 1. The summed E-state index contributed by atoms with van der Waals surface area (Å²) in [5.41, 5.74) is 2.85. The van der Waals surface area contributed by atoms with E-state index >= 15 is 0 Å². The summed E-state index contributed by atoms with van der Waals surface area (Å²) in [6.45, 7) is 8.43. The van der Waals surface area contributed by atoms with Crippen LogP contribution >= 0.6 is 0 Å². The van der Waals surface area contributed by atoms with E-state index in [9.17, 15) is 8.42 Å². The minimum Gasteiger partial charge on any atom is -0.497 e. The average molecular weight is 606 g/mol. The molecule has 10 heteroatoms. The summed E-state index contributed by atoms with van der Waals surface area (Å²) in [5.74, 6) is 1.51. The van der Waals surface area contributed by atoms with E-state index in [1.165, 1.54) is 18.4 Å². The fourth-order valence-corrected chi connectivity index (χ4v) is 9.47. The molecule has 0 bridgehead atoms. The predicted octanol–water partition coefficient (Wildman–Crippen LogP) is 4.93. The first kappa shape index (κ1) is 29.8. The number of sulfonamides is 1. The van der Waals surface area contributed by atoms with Crippen molar-refractivity contribution in [3.63, 3.8) is 0 Å². The van der Waals surface area contributed by atoms with Crippen LogP contribution in [0.25, 0.3) is 0 Å². The molecule has 0 unspecified atom stereocenters. The molecule has 3 aliphatic heterocycles. The van der Waals surface area contributed by atoms with Crippen LogP contribution in [-0.2, 0) is 15.6 Å². The summed E-state index contributed by atoms with van der Waals surface area (Å²) in [7, 11) is -2.11. The molecule has 3 aliphatic rings. The van der Waals surface area contributed by atoms with E-state index in [0.29, 0.717) is 28.3 Å². The molecule has 9 nitrogen and oxygen atoms in total. The number of hydrogen-bond acceptors (Lipinski definition) is 8. The van der Waals surface area contributed by atoms with Gasteiger partial charge < -0.3 is 14.4 Å². The van der Waals surface area contributed by atoms with Gasteiger partial charge in [0.2, 0.25) is 10.0 Å². The van der Waals surface area contributed by atoms with Crippen LogP contribution in [0.2, 0.25) is 0 Å². The molecule has 3 saturated heterocycles. The number of anilines is 1. The molecule has 0 saturated carbocycles. The first-order chi connectivity index (χ1) is 20.8.